The number of halogens is 3. The summed E-state index contributed by atoms with van der Waals surface area (Å²) >= 11 is 0. The molecule has 0 spiro atoms. The van der Waals surface area contributed by atoms with Crippen LogP contribution in [-0.4, -0.2) is 44.3 Å². The van der Waals surface area contributed by atoms with Gasteiger partial charge in [0.15, 0.2) is 6.61 Å². The predicted molar refractivity (Wildman–Crippen MR) is 108 cm³/mol. The standard InChI is InChI=1S/C22H28F3NO6/c1-3-31-19(27)12-18(14-8-10-15(30-2)11-9-14)26-20(28)16-6-4-5-7-17(16)21(29)32-13-22(23,24)25/h8-11,16-18H,3-7,12-13H2,1-2H3,(H,26,28)/t16-,17+,18-/m1/s1. The minimum Gasteiger partial charge on any atom is -0.497 e. The number of amides is 1. The smallest absolute Gasteiger partial charge is 0.422 e. The van der Waals surface area contributed by atoms with E-state index in [-0.39, 0.29) is 19.4 Å². The Morgan fingerprint density at radius 1 is 1.06 bits per heavy atom. The van der Waals surface area contributed by atoms with Gasteiger partial charge in [-0.1, -0.05) is 25.0 Å². The zero-order valence-corrected chi connectivity index (χ0v) is 18.1. The minimum absolute atomic E-state index is 0.137. The van der Waals surface area contributed by atoms with Crippen LogP contribution < -0.4 is 10.1 Å². The van der Waals surface area contributed by atoms with Crippen molar-refractivity contribution in [2.45, 2.75) is 51.2 Å². The fraction of sp³-hybridized carbons (Fsp3) is 0.591. The zero-order chi connectivity index (χ0) is 23.7. The molecule has 1 aliphatic rings. The van der Waals surface area contributed by atoms with E-state index in [1.165, 1.54) is 7.11 Å². The van der Waals surface area contributed by atoms with Gasteiger partial charge in [0.25, 0.3) is 0 Å². The second-order valence-electron chi connectivity index (χ2n) is 7.56. The van der Waals surface area contributed by atoms with Gasteiger partial charge in [-0.25, -0.2) is 0 Å². The molecule has 0 heterocycles. The summed E-state index contributed by atoms with van der Waals surface area (Å²) in [5, 5.41) is 2.78. The molecule has 1 aromatic rings. The lowest BCUT2D eigenvalue weighted by Crippen LogP contribution is -2.42. The Morgan fingerprint density at radius 3 is 2.25 bits per heavy atom. The van der Waals surface area contributed by atoms with Gasteiger partial charge in [0, 0.05) is 0 Å². The molecule has 1 amide bonds. The highest BCUT2D eigenvalue weighted by Gasteiger charge is 2.39. The summed E-state index contributed by atoms with van der Waals surface area (Å²) in [4.78, 5) is 37.4. The third-order valence-corrected chi connectivity index (χ3v) is 5.29. The van der Waals surface area contributed by atoms with Crippen LogP contribution in [0.4, 0.5) is 13.2 Å². The van der Waals surface area contributed by atoms with E-state index in [9.17, 15) is 27.6 Å². The van der Waals surface area contributed by atoms with Gasteiger partial charge in [-0.3, -0.25) is 14.4 Å². The molecule has 1 N–H and O–H groups in total. The predicted octanol–water partition coefficient (Wildman–Crippen LogP) is 3.72. The van der Waals surface area contributed by atoms with Crippen molar-refractivity contribution in [1.82, 2.24) is 5.32 Å². The molecule has 0 aromatic heterocycles. The molecule has 0 aliphatic heterocycles. The molecule has 32 heavy (non-hydrogen) atoms. The Bertz CT molecular complexity index is 781. The van der Waals surface area contributed by atoms with Crippen LogP contribution in [0.2, 0.25) is 0 Å². The highest BCUT2D eigenvalue weighted by molar-refractivity contribution is 5.86. The maximum Gasteiger partial charge on any atom is 0.422 e. The molecule has 1 aromatic carbocycles. The normalized spacial score (nSPS) is 19.5. The number of methoxy groups -OCH3 is 1. The second-order valence-corrected chi connectivity index (χ2v) is 7.56. The summed E-state index contributed by atoms with van der Waals surface area (Å²) in [6, 6.07) is 6.01. The van der Waals surface area contributed by atoms with E-state index in [4.69, 9.17) is 9.47 Å². The molecule has 3 atom stereocenters. The molecule has 0 saturated heterocycles. The summed E-state index contributed by atoms with van der Waals surface area (Å²) in [6.45, 7) is 0.157. The van der Waals surface area contributed by atoms with Crippen LogP contribution in [-0.2, 0) is 23.9 Å². The highest BCUT2D eigenvalue weighted by atomic mass is 19.4. The first-order valence-electron chi connectivity index (χ1n) is 10.5. The first-order chi connectivity index (χ1) is 15.1. The van der Waals surface area contributed by atoms with Gasteiger partial charge in [0.2, 0.25) is 5.91 Å². The fourth-order valence-electron chi connectivity index (χ4n) is 3.74. The van der Waals surface area contributed by atoms with Gasteiger partial charge in [-0.2, -0.15) is 13.2 Å². The van der Waals surface area contributed by atoms with Crippen molar-refractivity contribution in [2.24, 2.45) is 11.8 Å². The van der Waals surface area contributed by atoms with E-state index < -0.39 is 48.5 Å². The number of carbonyl (C=O) groups excluding carboxylic acids is 3. The number of alkyl halides is 3. The highest BCUT2D eigenvalue weighted by Crippen LogP contribution is 2.33. The van der Waals surface area contributed by atoms with E-state index in [1.807, 2.05) is 0 Å². The van der Waals surface area contributed by atoms with Crippen LogP contribution in [0.1, 0.15) is 50.6 Å². The Morgan fingerprint density at radius 2 is 1.69 bits per heavy atom. The van der Waals surface area contributed by atoms with Crippen LogP contribution in [0.3, 0.4) is 0 Å². The molecule has 0 radical (unpaired) electrons. The van der Waals surface area contributed by atoms with Crippen molar-refractivity contribution in [3.8, 4) is 5.75 Å². The van der Waals surface area contributed by atoms with Gasteiger partial charge >= 0.3 is 18.1 Å². The minimum atomic E-state index is -4.64. The topological polar surface area (TPSA) is 90.9 Å². The Labute approximate surface area is 184 Å². The Kier molecular flexibility index (Phi) is 9.34. The molecule has 1 saturated carbocycles. The third kappa shape index (κ3) is 7.72. The van der Waals surface area contributed by atoms with Crippen LogP contribution in [0.5, 0.6) is 5.75 Å². The van der Waals surface area contributed by atoms with Crippen molar-refractivity contribution in [1.29, 1.82) is 0 Å². The number of benzene rings is 1. The summed E-state index contributed by atoms with van der Waals surface area (Å²) in [7, 11) is 1.51. The van der Waals surface area contributed by atoms with E-state index in [2.05, 4.69) is 10.1 Å². The van der Waals surface area contributed by atoms with Crippen molar-refractivity contribution >= 4 is 17.8 Å². The summed E-state index contributed by atoms with van der Waals surface area (Å²) in [5.41, 5.74) is 0.624. The number of rotatable bonds is 9. The van der Waals surface area contributed by atoms with Crippen molar-refractivity contribution < 1.29 is 41.8 Å². The number of carbonyl (C=O) groups is 3. The van der Waals surface area contributed by atoms with Crippen LogP contribution >= 0.6 is 0 Å². The van der Waals surface area contributed by atoms with Gasteiger partial charge < -0.3 is 19.5 Å². The summed E-state index contributed by atoms with van der Waals surface area (Å²) in [5.74, 6) is -3.27. The monoisotopic (exact) mass is 459 g/mol. The van der Waals surface area contributed by atoms with Gasteiger partial charge in [-0.05, 0) is 37.5 Å². The molecule has 1 fully saturated rings. The molecule has 0 bridgehead atoms. The number of nitrogens with one attached hydrogen (secondary N) is 1. The average Bonchev–Trinajstić information content (AvgIpc) is 2.76. The number of hydrogen-bond acceptors (Lipinski definition) is 6. The Hall–Kier alpha value is -2.78. The fourth-order valence-corrected chi connectivity index (χ4v) is 3.74. The average molecular weight is 459 g/mol. The van der Waals surface area contributed by atoms with Crippen molar-refractivity contribution in [2.75, 3.05) is 20.3 Å². The molecule has 10 heteroatoms. The largest absolute Gasteiger partial charge is 0.497 e. The molecule has 0 unspecified atom stereocenters. The van der Waals surface area contributed by atoms with Crippen molar-refractivity contribution in [3.63, 3.8) is 0 Å². The quantitative estimate of drug-likeness (QED) is 0.566. The maximum atomic E-state index is 13.0. The SMILES string of the molecule is CCOC(=O)C[C@@H](NC(=O)[C@@H]1CCCC[C@@H]1C(=O)OCC(F)(F)F)c1ccc(OC)cc1. The van der Waals surface area contributed by atoms with E-state index in [0.717, 1.165) is 0 Å². The molecular weight excluding hydrogens is 431 g/mol. The number of ether oxygens (including phenoxy) is 3. The van der Waals surface area contributed by atoms with E-state index in [1.54, 1.807) is 31.2 Å². The lowest BCUT2D eigenvalue weighted by molar-refractivity contribution is -0.191. The summed E-state index contributed by atoms with van der Waals surface area (Å²) in [6.07, 6.45) is -2.90. The lowest BCUT2D eigenvalue weighted by Gasteiger charge is -2.30. The molecule has 1 aliphatic carbocycles. The lowest BCUT2D eigenvalue weighted by atomic mass is 9.78. The van der Waals surface area contributed by atoms with Crippen molar-refractivity contribution in [3.05, 3.63) is 29.8 Å². The van der Waals surface area contributed by atoms with Gasteiger partial charge in [0.05, 0.1) is 38.0 Å². The first kappa shape index (κ1) is 25.5. The van der Waals surface area contributed by atoms with E-state index >= 15 is 0 Å². The Balaban J connectivity index is 2.15. The van der Waals surface area contributed by atoms with Crippen LogP contribution in [0.25, 0.3) is 0 Å². The summed E-state index contributed by atoms with van der Waals surface area (Å²) < 4.78 is 51.8. The molecule has 2 rings (SSSR count). The van der Waals surface area contributed by atoms with E-state index in [0.29, 0.717) is 30.6 Å². The maximum absolute atomic E-state index is 13.0. The zero-order valence-electron chi connectivity index (χ0n) is 18.1. The first-order valence-corrected chi connectivity index (χ1v) is 10.5. The van der Waals surface area contributed by atoms with Crippen LogP contribution in [0, 0.1) is 11.8 Å². The third-order valence-electron chi connectivity index (χ3n) is 5.29. The van der Waals surface area contributed by atoms with Crippen LogP contribution in [0.15, 0.2) is 24.3 Å². The number of esters is 2. The molecule has 178 valence electrons. The van der Waals surface area contributed by atoms with Gasteiger partial charge in [-0.15, -0.1) is 0 Å². The molecular formula is C22H28F3NO6. The number of hydrogen-bond donors (Lipinski definition) is 1. The van der Waals surface area contributed by atoms with Gasteiger partial charge in [0.1, 0.15) is 5.75 Å². The second kappa shape index (κ2) is 11.7. The molecule has 7 nitrogen and oxygen atoms in total.